The molecule has 1 fully saturated rings. The molecular weight excluding hydrogens is 298 g/mol. The summed E-state index contributed by atoms with van der Waals surface area (Å²) in [6.45, 7) is 0. The van der Waals surface area contributed by atoms with Gasteiger partial charge in [-0.2, -0.15) is 0 Å². The summed E-state index contributed by atoms with van der Waals surface area (Å²) in [4.78, 5) is 11.4. The van der Waals surface area contributed by atoms with Crippen molar-refractivity contribution >= 4 is 21.9 Å². The minimum absolute atomic E-state index is 0.204. The van der Waals surface area contributed by atoms with Gasteiger partial charge in [-0.25, -0.2) is 4.79 Å². The molecule has 1 N–H and O–H groups in total. The Balaban J connectivity index is 2.14. The standard InChI is InChI=1S/C13H10BrNO3/c14-9-3-1-2-8(6-9)11-10(13(16)17)12(18-15-11)7-4-5-7/h1-3,6-7H,4-5H2,(H,16,17). The summed E-state index contributed by atoms with van der Waals surface area (Å²) in [6, 6.07) is 7.38. The summed E-state index contributed by atoms with van der Waals surface area (Å²) >= 11 is 3.36. The third-order valence-electron chi connectivity index (χ3n) is 2.98. The highest BCUT2D eigenvalue weighted by molar-refractivity contribution is 9.10. The fourth-order valence-electron chi connectivity index (χ4n) is 1.97. The molecule has 92 valence electrons. The normalized spacial score (nSPS) is 14.7. The van der Waals surface area contributed by atoms with Gasteiger partial charge in [-0.3, -0.25) is 0 Å². The fourth-order valence-corrected chi connectivity index (χ4v) is 2.37. The molecule has 2 aromatic rings. The molecule has 18 heavy (non-hydrogen) atoms. The van der Waals surface area contributed by atoms with Crippen LogP contribution in [0.1, 0.15) is 34.9 Å². The van der Waals surface area contributed by atoms with Crippen molar-refractivity contribution in [1.29, 1.82) is 0 Å². The molecule has 1 aromatic heterocycles. The zero-order valence-corrected chi connectivity index (χ0v) is 11.0. The van der Waals surface area contributed by atoms with Gasteiger partial charge in [-0.1, -0.05) is 33.2 Å². The van der Waals surface area contributed by atoms with Crippen LogP contribution < -0.4 is 0 Å². The van der Waals surface area contributed by atoms with Gasteiger partial charge in [-0.05, 0) is 25.0 Å². The lowest BCUT2D eigenvalue weighted by Gasteiger charge is -1.99. The first-order valence-electron chi connectivity index (χ1n) is 5.65. The average Bonchev–Trinajstić information content (AvgIpc) is 3.07. The third kappa shape index (κ3) is 1.95. The highest BCUT2D eigenvalue weighted by atomic mass is 79.9. The van der Waals surface area contributed by atoms with Crippen LogP contribution in [0.5, 0.6) is 0 Å². The molecule has 0 radical (unpaired) electrons. The molecule has 0 saturated heterocycles. The van der Waals surface area contributed by atoms with Crippen LogP contribution in [-0.4, -0.2) is 16.2 Å². The number of halogens is 1. The Morgan fingerprint density at radius 3 is 2.83 bits per heavy atom. The number of hydrogen-bond donors (Lipinski definition) is 1. The summed E-state index contributed by atoms with van der Waals surface area (Å²) in [5, 5.41) is 13.3. The number of aromatic carboxylic acids is 1. The molecular formula is C13H10BrNO3. The van der Waals surface area contributed by atoms with Gasteiger partial charge in [0, 0.05) is 16.0 Å². The van der Waals surface area contributed by atoms with E-state index in [9.17, 15) is 9.90 Å². The topological polar surface area (TPSA) is 63.3 Å². The molecule has 0 aliphatic heterocycles. The predicted molar refractivity (Wildman–Crippen MR) is 68.6 cm³/mol. The minimum Gasteiger partial charge on any atom is -0.477 e. The number of hydrogen-bond acceptors (Lipinski definition) is 3. The Kier molecular flexibility index (Phi) is 2.70. The van der Waals surface area contributed by atoms with Crippen molar-refractivity contribution < 1.29 is 14.4 Å². The second-order valence-electron chi connectivity index (χ2n) is 4.36. The second kappa shape index (κ2) is 4.24. The number of carboxylic acid groups (broad SMARTS) is 1. The molecule has 3 rings (SSSR count). The summed E-state index contributed by atoms with van der Waals surface area (Å²) in [7, 11) is 0. The van der Waals surface area contributed by atoms with Gasteiger partial charge in [0.15, 0.2) is 5.76 Å². The Labute approximate surface area is 112 Å². The molecule has 0 spiro atoms. The summed E-state index contributed by atoms with van der Waals surface area (Å²) < 4.78 is 6.11. The maximum absolute atomic E-state index is 11.4. The van der Waals surface area contributed by atoms with E-state index in [1.807, 2.05) is 24.3 Å². The van der Waals surface area contributed by atoms with Crippen LogP contribution in [0.15, 0.2) is 33.3 Å². The fraction of sp³-hybridized carbons (Fsp3) is 0.231. The van der Waals surface area contributed by atoms with Gasteiger partial charge < -0.3 is 9.63 Å². The molecule has 1 aliphatic carbocycles. The van der Waals surface area contributed by atoms with Crippen molar-refractivity contribution in [1.82, 2.24) is 5.16 Å². The highest BCUT2D eigenvalue weighted by Gasteiger charge is 2.35. The molecule has 1 heterocycles. The first kappa shape index (κ1) is 11.5. The maximum Gasteiger partial charge on any atom is 0.341 e. The van der Waals surface area contributed by atoms with Crippen LogP contribution in [0.25, 0.3) is 11.3 Å². The number of rotatable bonds is 3. The van der Waals surface area contributed by atoms with Gasteiger partial charge in [0.2, 0.25) is 0 Å². The van der Waals surface area contributed by atoms with E-state index in [2.05, 4.69) is 21.1 Å². The first-order chi connectivity index (χ1) is 8.66. The SMILES string of the molecule is O=C(O)c1c(-c2cccc(Br)c2)noc1C1CC1. The molecule has 1 saturated carbocycles. The minimum atomic E-state index is -0.979. The molecule has 5 heteroatoms. The lowest BCUT2D eigenvalue weighted by Crippen LogP contribution is -2.00. The van der Waals surface area contributed by atoms with Crippen molar-refractivity contribution in [3.8, 4) is 11.3 Å². The largest absolute Gasteiger partial charge is 0.477 e. The quantitative estimate of drug-likeness (QED) is 0.939. The number of carbonyl (C=O) groups is 1. The van der Waals surface area contributed by atoms with Crippen LogP contribution in [0.4, 0.5) is 0 Å². The van der Waals surface area contributed by atoms with E-state index < -0.39 is 5.97 Å². The van der Waals surface area contributed by atoms with E-state index >= 15 is 0 Å². The monoisotopic (exact) mass is 307 g/mol. The molecule has 0 bridgehead atoms. The number of carboxylic acids is 1. The second-order valence-corrected chi connectivity index (χ2v) is 5.28. The van der Waals surface area contributed by atoms with Gasteiger partial charge in [-0.15, -0.1) is 0 Å². The third-order valence-corrected chi connectivity index (χ3v) is 3.47. The highest BCUT2D eigenvalue weighted by Crippen LogP contribution is 2.44. The number of aromatic nitrogens is 1. The summed E-state index contributed by atoms with van der Waals surface area (Å²) in [6.07, 6.45) is 1.96. The Morgan fingerprint density at radius 1 is 1.44 bits per heavy atom. The molecule has 0 unspecified atom stereocenters. The van der Waals surface area contributed by atoms with Crippen LogP contribution >= 0.6 is 15.9 Å². The van der Waals surface area contributed by atoms with E-state index in [-0.39, 0.29) is 11.5 Å². The van der Waals surface area contributed by atoms with Crippen LogP contribution in [0, 0.1) is 0 Å². The molecule has 0 amide bonds. The van der Waals surface area contributed by atoms with Gasteiger partial charge in [0.25, 0.3) is 0 Å². The Bertz CT molecular complexity index is 616. The first-order valence-corrected chi connectivity index (χ1v) is 6.45. The summed E-state index contributed by atoms with van der Waals surface area (Å²) in [5.74, 6) is -0.241. The molecule has 1 aliphatic rings. The zero-order valence-electron chi connectivity index (χ0n) is 9.39. The lowest BCUT2D eigenvalue weighted by atomic mass is 10.0. The van der Waals surface area contributed by atoms with Crippen LogP contribution in [0.3, 0.4) is 0 Å². The predicted octanol–water partition coefficient (Wildman–Crippen LogP) is 3.68. The van der Waals surface area contributed by atoms with E-state index in [4.69, 9.17) is 4.52 Å². The van der Waals surface area contributed by atoms with Gasteiger partial charge in [0.1, 0.15) is 11.3 Å². The van der Waals surface area contributed by atoms with Crippen LogP contribution in [0.2, 0.25) is 0 Å². The van der Waals surface area contributed by atoms with Gasteiger partial charge in [0.05, 0.1) is 0 Å². The van der Waals surface area contributed by atoms with Crippen molar-refractivity contribution in [2.75, 3.05) is 0 Å². The average molecular weight is 308 g/mol. The van der Waals surface area contributed by atoms with Crippen molar-refractivity contribution in [3.05, 3.63) is 40.1 Å². The zero-order chi connectivity index (χ0) is 12.7. The van der Waals surface area contributed by atoms with E-state index in [0.717, 1.165) is 22.9 Å². The summed E-state index contributed by atoms with van der Waals surface area (Å²) in [5.41, 5.74) is 1.36. The Morgan fingerprint density at radius 2 is 2.22 bits per heavy atom. The van der Waals surface area contributed by atoms with Gasteiger partial charge >= 0.3 is 5.97 Å². The van der Waals surface area contributed by atoms with E-state index in [0.29, 0.717) is 11.5 Å². The van der Waals surface area contributed by atoms with Crippen LogP contribution in [-0.2, 0) is 0 Å². The number of benzene rings is 1. The maximum atomic E-state index is 11.4. The molecule has 0 atom stereocenters. The van der Waals surface area contributed by atoms with Crippen molar-refractivity contribution in [2.45, 2.75) is 18.8 Å². The lowest BCUT2D eigenvalue weighted by molar-refractivity contribution is 0.0695. The Hall–Kier alpha value is -1.62. The molecule has 1 aromatic carbocycles. The van der Waals surface area contributed by atoms with Crippen molar-refractivity contribution in [3.63, 3.8) is 0 Å². The van der Waals surface area contributed by atoms with Crippen molar-refractivity contribution in [2.24, 2.45) is 0 Å². The van der Waals surface area contributed by atoms with E-state index in [1.165, 1.54) is 0 Å². The number of nitrogens with zero attached hydrogens (tertiary/aromatic N) is 1. The smallest absolute Gasteiger partial charge is 0.341 e. The molecule has 4 nitrogen and oxygen atoms in total. The van der Waals surface area contributed by atoms with E-state index in [1.54, 1.807) is 0 Å².